The van der Waals surface area contributed by atoms with Gasteiger partial charge in [-0.3, -0.25) is 4.79 Å². The van der Waals surface area contributed by atoms with E-state index in [2.05, 4.69) is 25.8 Å². The van der Waals surface area contributed by atoms with Crippen molar-refractivity contribution in [1.82, 2.24) is 9.88 Å². The van der Waals surface area contributed by atoms with Crippen LogP contribution in [-0.2, 0) is 9.53 Å². The molecule has 136 valence electrons. The van der Waals surface area contributed by atoms with Gasteiger partial charge in [0.25, 0.3) is 5.91 Å². The summed E-state index contributed by atoms with van der Waals surface area (Å²) in [7, 11) is 0. The number of thioether (sulfide) groups is 1. The Balaban J connectivity index is 1.63. The molecule has 0 aromatic carbocycles. The summed E-state index contributed by atoms with van der Waals surface area (Å²) >= 11 is 1.39. The van der Waals surface area contributed by atoms with Crippen molar-refractivity contribution in [3.63, 3.8) is 0 Å². The third-order valence-corrected chi connectivity index (χ3v) is 5.96. The van der Waals surface area contributed by atoms with Crippen LogP contribution in [0.5, 0.6) is 0 Å². The number of rotatable bonds is 4. The maximum Gasteiger partial charge on any atom is 0.341 e. The molecule has 25 heavy (non-hydrogen) atoms. The van der Waals surface area contributed by atoms with Crippen LogP contribution < -0.4 is 0 Å². The first-order valence-electron chi connectivity index (χ1n) is 8.69. The van der Waals surface area contributed by atoms with E-state index in [1.165, 1.54) is 11.8 Å². The van der Waals surface area contributed by atoms with Crippen LogP contribution in [0.1, 0.15) is 50.4 Å². The predicted octanol–water partition coefficient (Wildman–Crippen LogP) is 3.39. The van der Waals surface area contributed by atoms with E-state index < -0.39 is 5.97 Å². The van der Waals surface area contributed by atoms with E-state index in [1.54, 1.807) is 18.3 Å². The summed E-state index contributed by atoms with van der Waals surface area (Å²) in [5.74, 6) is -0.575. The topological polar surface area (TPSA) is 59.5 Å². The summed E-state index contributed by atoms with van der Waals surface area (Å²) in [5.41, 5.74) is 0.851. The lowest BCUT2D eigenvalue weighted by Crippen LogP contribution is -2.39. The van der Waals surface area contributed by atoms with Gasteiger partial charge in [0.2, 0.25) is 0 Å². The smallest absolute Gasteiger partial charge is 0.341 e. The van der Waals surface area contributed by atoms with Crippen molar-refractivity contribution < 1.29 is 14.3 Å². The minimum absolute atomic E-state index is 0.0885. The minimum Gasteiger partial charge on any atom is -0.452 e. The van der Waals surface area contributed by atoms with Crippen LogP contribution in [0.25, 0.3) is 0 Å². The Morgan fingerprint density at radius 3 is 2.84 bits per heavy atom. The Labute approximate surface area is 153 Å². The molecule has 0 spiro atoms. The summed E-state index contributed by atoms with van der Waals surface area (Å²) in [6.07, 6.45) is 6.70. The zero-order chi connectivity index (χ0) is 18.2. The number of pyridine rings is 1. The van der Waals surface area contributed by atoms with Crippen LogP contribution in [0, 0.1) is 10.8 Å². The largest absolute Gasteiger partial charge is 0.452 e. The molecule has 0 N–H and O–H groups in total. The molecule has 3 rings (SSSR count). The highest BCUT2D eigenvalue weighted by Gasteiger charge is 2.50. The number of hydrogen-bond donors (Lipinski definition) is 0. The van der Waals surface area contributed by atoms with Gasteiger partial charge in [-0.1, -0.05) is 20.8 Å². The normalized spacial score (nSPS) is 27.2. The molecule has 2 aliphatic rings. The Morgan fingerprint density at radius 2 is 2.12 bits per heavy atom. The number of carbonyl (C=O) groups excluding carboxylic acids is 2. The van der Waals surface area contributed by atoms with Crippen LogP contribution in [0.15, 0.2) is 23.4 Å². The van der Waals surface area contributed by atoms with Gasteiger partial charge in [-0.15, -0.1) is 11.8 Å². The fraction of sp³-hybridized carbons (Fsp3) is 0.632. The second-order valence-corrected chi connectivity index (χ2v) is 9.17. The fourth-order valence-corrected chi connectivity index (χ4v) is 5.29. The number of amides is 1. The van der Waals surface area contributed by atoms with Crippen molar-refractivity contribution in [2.24, 2.45) is 10.8 Å². The molecule has 1 saturated heterocycles. The number of likely N-dealkylation sites (tertiary alicyclic amines) is 1. The first-order valence-corrected chi connectivity index (χ1v) is 9.91. The molecule has 1 aliphatic heterocycles. The molecule has 1 amide bonds. The van der Waals surface area contributed by atoms with E-state index in [4.69, 9.17) is 4.74 Å². The second-order valence-electron chi connectivity index (χ2n) is 8.37. The fourth-order valence-electron chi connectivity index (χ4n) is 4.75. The number of ether oxygens (including phenoxy) is 1. The summed E-state index contributed by atoms with van der Waals surface area (Å²) < 4.78 is 5.29. The molecule has 5 nitrogen and oxygen atoms in total. The van der Waals surface area contributed by atoms with Crippen LogP contribution >= 0.6 is 11.8 Å². The van der Waals surface area contributed by atoms with Crippen molar-refractivity contribution in [3.8, 4) is 0 Å². The number of carbonyl (C=O) groups is 2. The van der Waals surface area contributed by atoms with E-state index in [0.29, 0.717) is 10.6 Å². The number of nitrogens with zero attached hydrogens (tertiary/aromatic N) is 2. The number of esters is 1. The highest BCUT2D eigenvalue weighted by Crippen LogP contribution is 2.52. The van der Waals surface area contributed by atoms with E-state index in [9.17, 15) is 9.59 Å². The van der Waals surface area contributed by atoms with Crippen molar-refractivity contribution in [1.29, 1.82) is 0 Å². The van der Waals surface area contributed by atoms with Crippen LogP contribution in [0.3, 0.4) is 0 Å². The Morgan fingerprint density at radius 1 is 1.36 bits per heavy atom. The molecule has 2 atom stereocenters. The van der Waals surface area contributed by atoms with Gasteiger partial charge < -0.3 is 9.64 Å². The van der Waals surface area contributed by atoms with Crippen molar-refractivity contribution >= 4 is 23.6 Å². The molecule has 2 fully saturated rings. The monoisotopic (exact) mass is 362 g/mol. The van der Waals surface area contributed by atoms with Crippen molar-refractivity contribution in [2.45, 2.75) is 51.1 Å². The second kappa shape index (κ2) is 6.63. The van der Waals surface area contributed by atoms with Crippen LogP contribution in [0.4, 0.5) is 0 Å². The molecule has 1 aromatic rings. The summed E-state index contributed by atoms with van der Waals surface area (Å²) in [5, 5.41) is 0.617. The van der Waals surface area contributed by atoms with Crippen molar-refractivity contribution in [3.05, 3.63) is 23.9 Å². The third kappa shape index (κ3) is 3.84. The molecule has 0 unspecified atom stereocenters. The first kappa shape index (κ1) is 18.2. The van der Waals surface area contributed by atoms with Crippen molar-refractivity contribution in [2.75, 3.05) is 19.4 Å². The summed E-state index contributed by atoms with van der Waals surface area (Å²) in [4.78, 5) is 31.0. The maximum absolute atomic E-state index is 12.7. The third-order valence-electron chi connectivity index (χ3n) is 5.25. The number of aromatic nitrogens is 1. The van der Waals surface area contributed by atoms with Gasteiger partial charge in [-0.05, 0) is 48.5 Å². The average molecular weight is 362 g/mol. The molecule has 1 saturated carbocycles. The van der Waals surface area contributed by atoms with E-state index in [0.717, 1.165) is 25.8 Å². The van der Waals surface area contributed by atoms with Gasteiger partial charge in [-0.25, -0.2) is 9.78 Å². The molecule has 0 radical (unpaired) electrons. The number of fused-ring (bicyclic) bond motifs is 2. The molecule has 1 aliphatic carbocycles. The van der Waals surface area contributed by atoms with Gasteiger partial charge in [-0.2, -0.15) is 0 Å². The molecule has 6 heteroatoms. The lowest BCUT2D eigenvalue weighted by atomic mass is 9.65. The maximum atomic E-state index is 12.7. The lowest BCUT2D eigenvalue weighted by molar-refractivity contribution is -0.135. The Kier molecular flexibility index (Phi) is 4.84. The van der Waals surface area contributed by atoms with Crippen LogP contribution in [-0.4, -0.2) is 47.2 Å². The van der Waals surface area contributed by atoms with Gasteiger partial charge in [0, 0.05) is 18.8 Å². The molecule has 2 bridgehead atoms. The molecular formula is C19H26N2O3S. The standard InChI is InChI=1S/C19H26N2O3S/c1-18(2)8-13-9-19(3,11-18)12-21(13)15(22)10-24-17(23)14-6-5-7-20-16(14)25-4/h5-7,13H,8-12H2,1-4H3/t13-,19+/m1/s1. The molecule has 2 heterocycles. The predicted molar refractivity (Wildman–Crippen MR) is 97.5 cm³/mol. The molecular weight excluding hydrogens is 336 g/mol. The molecule has 1 aromatic heterocycles. The average Bonchev–Trinajstić information content (AvgIpc) is 2.81. The zero-order valence-corrected chi connectivity index (χ0v) is 16.2. The van der Waals surface area contributed by atoms with Gasteiger partial charge in [0.05, 0.1) is 5.56 Å². The zero-order valence-electron chi connectivity index (χ0n) is 15.4. The van der Waals surface area contributed by atoms with Gasteiger partial charge in [0.15, 0.2) is 6.61 Å². The summed E-state index contributed by atoms with van der Waals surface area (Å²) in [6.45, 7) is 7.38. The quantitative estimate of drug-likeness (QED) is 0.607. The van der Waals surface area contributed by atoms with E-state index in [1.807, 2.05) is 11.2 Å². The Hall–Kier alpha value is -1.56. The SMILES string of the molecule is CSc1ncccc1C(=O)OCC(=O)N1C[C@@]2(C)C[C@H]1CC(C)(C)C2. The van der Waals surface area contributed by atoms with Crippen LogP contribution in [0.2, 0.25) is 0 Å². The number of hydrogen-bond acceptors (Lipinski definition) is 5. The first-order chi connectivity index (χ1) is 11.7. The summed E-state index contributed by atoms with van der Waals surface area (Å²) in [6, 6.07) is 3.64. The minimum atomic E-state index is -0.487. The highest BCUT2D eigenvalue weighted by atomic mass is 32.2. The lowest BCUT2D eigenvalue weighted by Gasteiger charge is -2.39. The van der Waals surface area contributed by atoms with E-state index in [-0.39, 0.29) is 29.4 Å². The highest BCUT2D eigenvalue weighted by molar-refractivity contribution is 7.98. The van der Waals surface area contributed by atoms with Gasteiger partial charge in [0.1, 0.15) is 5.03 Å². The van der Waals surface area contributed by atoms with Gasteiger partial charge >= 0.3 is 5.97 Å². The van der Waals surface area contributed by atoms with E-state index >= 15 is 0 Å². The Bertz CT molecular complexity index is 691.